The van der Waals surface area contributed by atoms with Gasteiger partial charge in [-0.25, -0.2) is 0 Å². The summed E-state index contributed by atoms with van der Waals surface area (Å²) in [7, 11) is 0. The van der Waals surface area contributed by atoms with Crippen LogP contribution in [0.25, 0.3) is 54.2 Å². The summed E-state index contributed by atoms with van der Waals surface area (Å²) in [5, 5.41) is 10.1. The summed E-state index contributed by atoms with van der Waals surface area (Å²) in [4.78, 5) is 2.48. The van der Waals surface area contributed by atoms with Crippen molar-refractivity contribution in [1.82, 2.24) is 0 Å². The minimum absolute atomic E-state index is 0.493. The van der Waals surface area contributed by atoms with E-state index in [1.807, 2.05) is 0 Å². The van der Waals surface area contributed by atoms with E-state index < -0.39 is 5.41 Å². The van der Waals surface area contributed by atoms with Gasteiger partial charge in [0, 0.05) is 16.8 Å². The summed E-state index contributed by atoms with van der Waals surface area (Å²) in [6.07, 6.45) is 0. The van der Waals surface area contributed by atoms with Crippen molar-refractivity contribution in [3.8, 4) is 11.1 Å². The van der Waals surface area contributed by atoms with Gasteiger partial charge in [0.15, 0.2) is 0 Å². The Morgan fingerprint density at radius 2 is 0.778 bits per heavy atom. The number of fused-ring (bicyclic) bond motifs is 10. The molecule has 0 aromatic heterocycles. The lowest BCUT2D eigenvalue weighted by atomic mass is 9.67. The molecule has 0 spiro atoms. The SMILES string of the molecule is c1ccc(C2(c3ccccc3)c3ccccc3-c3ccc(N(c4ccc5c6ccccc6c6ccccc6c5c4)c4cccc5ccccc45)cc32)cc1. The molecule has 1 nitrogen and oxygen atoms in total. The molecule has 0 radical (unpaired) electrons. The average Bonchev–Trinajstić information content (AvgIpc) is 3.55. The zero-order valence-electron chi connectivity index (χ0n) is 29.7. The Hall–Kier alpha value is -6.96. The van der Waals surface area contributed by atoms with Gasteiger partial charge in [-0.2, -0.15) is 0 Å². The van der Waals surface area contributed by atoms with Crippen molar-refractivity contribution in [3.63, 3.8) is 0 Å². The molecule has 252 valence electrons. The molecule has 0 saturated carbocycles. The zero-order valence-corrected chi connectivity index (χ0v) is 29.7. The number of rotatable bonds is 5. The minimum Gasteiger partial charge on any atom is -0.310 e. The van der Waals surface area contributed by atoms with Gasteiger partial charge in [0.05, 0.1) is 11.1 Å². The van der Waals surface area contributed by atoms with Gasteiger partial charge in [-0.1, -0.05) is 182 Å². The molecule has 0 aliphatic heterocycles. The fraction of sp³-hybridized carbons (Fsp3) is 0.0189. The quantitative estimate of drug-likeness (QED) is 0.163. The van der Waals surface area contributed by atoms with Crippen LogP contribution in [0.4, 0.5) is 17.1 Å². The summed E-state index contributed by atoms with van der Waals surface area (Å²) < 4.78 is 0. The maximum atomic E-state index is 2.48. The van der Waals surface area contributed by atoms with E-state index in [9.17, 15) is 0 Å². The highest BCUT2D eigenvalue weighted by Crippen LogP contribution is 2.57. The molecule has 0 amide bonds. The summed E-state index contributed by atoms with van der Waals surface area (Å²) >= 11 is 0. The molecule has 1 heteroatoms. The van der Waals surface area contributed by atoms with Crippen LogP contribution in [0.5, 0.6) is 0 Å². The van der Waals surface area contributed by atoms with Crippen LogP contribution in [-0.2, 0) is 5.41 Å². The topological polar surface area (TPSA) is 3.24 Å². The first-order valence-electron chi connectivity index (χ1n) is 18.8. The largest absolute Gasteiger partial charge is 0.310 e. The minimum atomic E-state index is -0.493. The lowest BCUT2D eigenvalue weighted by Crippen LogP contribution is -2.28. The molecule has 11 rings (SSSR count). The average molecular weight is 686 g/mol. The molecule has 0 bridgehead atoms. The van der Waals surface area contributed by atoms with Gasteiger partial charge in [0.2, 0.25) is 0 Å². The van der Waals surface area contributed by atoms with Crippen LogP contribution in [0.2, 0.25) is 0 Å². The number of hydrogen-bond acceptors (Lipinski definition) is 1. The first-order valence-corrected chi connectivity index (χ1v) is 18.8. The first kappa shape index (κ1) is 30.6. The second-order valence-corrected chi connectivity index (χ2v) is 14.4. The van der Waals surface area contributed by atoms with E-state index in [1.54, 1.807) is 0 Å². The smallest absolute Gasteiger partial charge is 0.0714 e. The molecular formula is C53H35N. The molecule has 10 aromatic rings. The Morgan fingerprint density at radius 1 is 0.296 bits per heavy atom. The van der Waals surface area contributed by atoms with Crippen molar-refractivity contribution in [2.45, 2.75) is 5.41 Å². The van der Waals surface area contributed by atoms with E-state index in [1.165, 1.54) is 76.5 Å². The molecule has 1 aliphatic rings. The van der Waals surface area contributed by atoms with E-state index in [-0.39, 0.29) is 0 Å². The van der Waals surface area contributed by atoms with Crippen LogP contribution in [0.3, 0.4) is 0 Å². The monoisotopic (exact) mass is 685 g/mol. The van der Waals surface area contributed by atoms with Crippen molar-refractivity contribution >= 4 is 60.2 Å². The molecule has 1 aliphatic carbocycles. The summed E-state index contributed by atoms with van der Waals surface area (Å²) in [5.74, 6) is 0. The van der Waals surface area contributed by atoms with Gasteiger partial charge in [-0.3, -0.25) is 0 Å². The predicted molar refractivity (Wildman–Crippen MR) is 228 cm³/mol. The maximum Gasteiger partial charge on any atom is 0.0714 e. The maximum absolute atomic E-state index is 2.48. The Bertz CT molecular complexity index is 2970. The number of nitrogens with zero attached hydrogens (tertiary/aromatic N) is 1. The summed E-state index contributed by atoms with van der Waals surface area (Å²) in [6, 6.07) is 78.4. The lowest BCUT2D eigenvalue weighted by molar-refractivity contribution is 0.768. The molecule has 0 unspecified atom stereocenters. The van der Waals surface area contributed by atoms with Gasteiger partial charge in [-0.05, 0) is 101 Å². The second-order valence-electron chi connectivity index (χ2n) is 14.4. The normalized spacial score (nSPS) is 13.0. The summed E-state index contributed by atoms with van der Waals surface area (Å²) in [6.45, 7) is 0. The molecule has 0 fully saturated rings. The third-order valence-corrected chi connectivity index (χ3v) is 11.7. The molecule has 0 atom stereocenters. The molecule has 0 saturated heterocycles. The van der Waals surface area contributed by atoms with Crippen molar-refractivity contribution < 1.29 is 0 Å². The first-order chi connectivity index (χ1) is 26.8. The molecule has 10 aromatic carbocycles. The fourth-order valence-corrected chi connectivity index (χ4v) is 9.44. The molecule has 54 heavy (non-hydrogen) atoms. The van der Waals surface area contributed by atoms with Gasteiger partial charge in [-0.15, -0.1) is 0 Å². The molecular weight excluding hydrogens is 651 g/mol. The Morgan fingerprint density at radius 3 is 1.46 bits per heavy atom. The van der Waals surface area contributed by atoms with Crippen LogP contribution in [0, 0.1) is 0 Å². The van der Waals surface area contributed by atoms with Crippen LogP contribution in [0.15, 0.2) is 212 Å². The highest BCUT2D eigenvalue weighted by molar-refractivity contribution is 6.26. The van der Waals surface area contributed by atoms with E-state index >= 15 is 0 Å². The second kappa shape index (κ2) is 12.0. The van der Waals surface area contributed by atoms with Crippen molar-refractivity contribution in [1.29, 1.82) is 0 Å². The van der Waals surface area contributed by atoms with Gasteiger partial charge >= 0.3 is 0 Å². The number of anilines is 3. The van der Waals surface area contributed by atoms with Crippen LogP contribution < -0.4 is 4.90 Å². The third kappa shape index (κ3) is 4.39. The van der Waals surface area contributed by atoms with E-state index in [4.69, 9.17) is 0 Å². The van der Waals surface area contributed by atoms with Crippen molar-refractivity contribution in [2.75, 3.05) is 4.90 Å². The lowest BCUT2D eigenvalue weighted by Gasteiger charge is -2.35. The Labute approximate surface area is 315 Å². The van der Waals surface area contributed by atoms with Crippen LogP contribution in [-0.4, -0.2) is 0 Å². The van der Waals surface area contributed by atoms with E-state index in [0.717, 1.165) is 17.1 Å². The van der Waals surface area contributed by atoms with Crippen LogP contribution in [0.1, 0.15) is 22.3 Å². The van der Waals surface area contributed by atoms with Gasteiger partial charge in [0.1, 0.15) is 0 Å². The predicted octanol–water partition coefficient (Wildman–Crippen LogP) is 14.1. The van der Waals surface area contributed by atoms with Crippen molar-refractivity contribution in [2.24, 2.45) is 0 Å². The van der Waals surface area contributed by atoms with Crippen LogP contribution >= 0.6 is 0 Å². The fourth-order valence-electron chi connectivity index (χ4n) is 9.44. The highest BCUT2D eigenvalue weighted by atomic mass is 15.1. The van der Waals surface area contributed by atoms with E-state index in [2.05, 4.69) is 217 Å². The third-order valence-electron chi connectivity index (χ3n) is 11.7. The van der Waals surface area contributed by atoms with Gasteiger partial charge < -0.3 is 4.90 Å². The summed E-state index contributed by atoms with van der Waals surface area (Å²) in [5.41, 5.74) is 10.6. The number of benzene rings is 10. The van der Waals surface area contributed by atoms with Gasteiger partial charge in [0.25, 0.3) is 0 Å². The van der Waals surface area contributed by atoms with Crippen molar-refractivity contribution in [3.05, 3.63) is 235 Å². The Balaban J connectivity index is 1.23. The molecule has 0 N–H and O–H groups in total. The van der Waals surface area contributed by atoms with E-state index in [0.29, 0.717) is 0 Å². The standard InChI is InChI=1S/C53H35N/c1-3-18-37(19-4-1)53(38-20-5-2-6-21-38)50-28-14-13-27-47(50)48-33-31-40(35-51(48)53)54(52-29-15-17-36-16-7-8-22-41(36)52)39-30-32-46-44-25-10-9-23-42(44)43-24-11-12-26-45(43)49(46)34-39/h1-35H. The zero-order chi connectivity index (χ0) is 35.6. The number of hydrogen-bond donors (Lipinski definition) is 0. The molecule has 0 heterocycles. The highest BCUT2D eigenvalue weighted by Gasteiger charge is 2.46. The Kier molecular flexibility index (Phi) is 6.84.